The highest BCUT2D eigenvalue weighted by Gasteiger charge is 2.23. The third kappa shape index (κ3) is 3.82. The summed E-state index contributed by atoms with van der Waals surface area (Å²) in [6.07, 6.45) is 4.45. The van der Waals surface area contributed by atoms with Gasteiger partial charge in [0.1, 0.15) is 5.82 Å². The molecule has 0 aliphatic carbocycles. The maximum Gasteiger partial charge on any atom is 0.328 e. The van der Waals surface area contributed by atoms with Crippen LogP contribution in [0.15, 0.2) is 18.3 Å². The minimum absolute atomic E-state index is 0.525. The van der Waals surface area contributed by atoms with Crippen molar-refractivity contribution in [1.82, 2.24) is 9.88 Å². The Labute approximate surface area is 125 Å². The number of aryl methyl sites for hydroxylation is 1. The highest BCUT2D eigenvalue weighted by atomic mass is 16.4. The molecule has 0 bridgehead atoms. The lowest BCUT2D eigenvalue weighted by molar-refractivity contribution is -0.131. The number of piperazine rings is 1. The van der Waals surface area contributed by atoms with Crippen molar-refractivity contribution in [2.45, 2.75) is 26.8 Å². The summed E-state index contributed by atoms with van der Waals surface area (Å²) in [5, 5.41) is 8.66. The zero-order valence-electron chi connectivity index (χ0n) is 12.9. The Kier molecular flexibility index (Phi) is 4.96. The fourth-order valence-electron chi connectivity index (χ4n) is 2.84. The maximum atomic E-state index is 10.5. The van der Waals surface area contributed by atoms with Crippen molar-refractivity contribution in [1.29, 1.82) is 0 Å². The van der Waals surface area contributed by atoms with Crippen molar-refractivity contribution < 1.29 is 9.90 Å². The number of aromatic nitrogens is 1. The lowest BCUT2D eigenvalue weighted by Crippen LogP contribution is -2.52. The molecular formula is C16H23N3O2. The highest BCUT2D eigenvalue weighted by molar-refractivity contribution is 5.85. The predicted molar refractivity (Wildman–Crippen MR) is 84.6 cm³/mol. The van der Waals surface area contributed by atoms with Crippen LogP contribution in [0.2, 0.25) is 0 Å². The lowest BCUT2D eigenvalue weighted by Gasteiger charge is -2.40. The molecule has 1 aromatic rings. The molecule has 1 fully saturated rings. The summed E-state index contributed by atoms with van der Waals surface area (Å²) in [7, 11) is 0. The van der Waals surface area contributed by atoms with E-state index < -0.39 is 5.97 Å². The number of aliphatic carboxylic acids is 1. The lowest BCUT2D eigenvalue weighted by atomic mass is 10.1. The van der Waals surface area contributed by atoms with E-state index in [1.165, 1.54) is 0 Å². The van der Waals surface area contributed by atoms with E-state index in [2.05, 4.69) is 28.6 Å². The smallest absolute Gasteiger partial charge is 0.328 e. The normalized spacial score (nSPS) is 20.1. The molecule has 5 heteroatoms. The van der Waals surface area contributed by atoms with Gasteiger partial charge in [0.15, 0.2) is 0 Å². The molecular weight excluding hydrogens is 266 g/mol. The maximum absolute atomic E-state index is 10.5. The first-order chi connectivity index (χ1) is 10.0. The van der Waals surface area contributed by atoms with Crippen molar-refractivity contribution in [3.05, 3.63) is 29.5 Å². The van der Waals surface area contributed by atoms with E-state index in [0.29, 0.717) is 6.04 Å². The summed E-state index contributed by atoms with van der Waals surface area (Å²) in [5.41, 5.74) is 1.90. The minimum atomic E-state index is -0.943. The van der Waals surface area contributed by atoms with Crippen molar-refractivity contribution in [2.75, 3.05) is 31.1 Å². The van der Waals surface area contributed by atoms with E-state index in [-0.39, 0.29) is 0 Å². The topological polar surface area (TPSA) is 56.7 Å². The van der Waals surface area contributed by atoms with Gasteiger partial charge in [-0.05, 0) is 43.7 Å². The van der Waals surface area contributed by atoms with Gasteiger partial charge < -0.3 is 10.0 Å². The van der Waals surface area contributed by atoms with E-state index in [0.717, 1.165) is 49.2 Å². The van der Waals surface area contributed by atoms with Gasteiger partial charge in [0.25, 0.3) is 0 Å². The highest BCUT2D eigenvalue weighted by Crippen LogP contribution is 2.22. The second kappa shape index (κ2) is 6.72. The Bertz CT molecular complexity index is 542. The molecule has 1 aromatic heterocycles. The number of nitrogens with zero attached hydrogens (tertiary/aromatic N) is 3. The molecule has 0 amide bonds. The van der Waals surface area contributed by atoms with Gasteiger partial charge in [0, 0.05) is 37.9 Å². The van der Waals surface area contributed by atoms with E-state index in [1.807, 2.05) is 13.0 Å². The minimum Gasteiger partial charge on any atom is -0.478 e. The molecule has 5 nitrogen and oxygen atoms in total. The van der Waals surface area contributed by atoms with Gasteiger partial charge in [-0.3, -0.25) is 4.90 Å². The van der Waals surface area contributed by atoms with Gasteiger partial charge >= 0.3 is 5.97 Å². The van der Waals surface area contributed by atoms with Gasteiger partial charge in [-0.2, -0.15) is 0 Å². The monoisotopic (exact) mass is 289 g/mol. The van der Waals surface area contributed by atoms with E-state index in [4.69, 9.17) is 5.11 Å². The molecule has 1 N–H and O–H groups in total. The molecule has 1 aliphatic heterocycles. The number of carboxylic acid groups (broad SMARTS) is 1. The van der Waals surface area contributed by atoms with Crippen LogP contribution in [0.4, 0.5) is 5.82 Å². The number of pyridine rings is 1. The van der Waals surface area contributed by atoms with Gasteiger partial charge in [-0.15, -0.1) is 0 Å². The van der Waals surface area contributed by atoms with Crippen molar-refractivity contribution in [3.8, 4) is 0 Å². The van der Waals surface area contributed by atoms with Gasteiger partial charge in [0.2, 0.25) is 0 Å². The first-order valence-electron chi connectivity index (χ1n) is 7.38. The fourth-order valence-corrected chi connectivity index (χ4v) is 2.84. The third-order valence-corrected chi connectivity index (χ3v) is 3.96. The fraction of sp³-hybridized carbons (Fsp3) is 0.500. The van der Waals surface area contributed by atoms with Crippen LogP contribution >= 0.6 is 0 Å². The van der Waals surface area contributed by atoms with Crippen LogP contribution in [0.1, 0.15) is 25.0 Å². The zero-order chi connectivity index (χ0) is 15.4. The van der Waals surface area contributed by atoms with Crippen molar-refractivity contribution in [3.63, 3.8) is 0 Å². The summed E-state index contributed by atoms with van der Waals surface area (Å²) >= 11 is 0. The van der Waals surface area contributed by atoms with E-state index >= 15 is 0 Å². The summed E-state index contributed by atoms with van der Waals surface area (Å²) in [5.74, 6) is 0.0614. The van der Waals surface area contributed by atoms with Crippen LogP contribution < -0.4 is 4.90 Å². The number of carbonyl (C=O) groups is 1. The Morgan fingerprint density at radius 2 is 2.29 bits per heavy atom. The number of carboxylic acids is 1. The van der Waals surface area contributed by atoms with Crippen LogP contribution in [-0.2, 0) is 4.79 Å². The SMILES string of the molecule is CCN1CCN(c2ncc(/C=C/C(=O)O)cc2C)CC1C. The molecule has 0 spiro atoms. The molecule has 114 valence electrons. The Morgan fingerprint density at radius 3 is 2.86 bits per heavy atom. The number of hydrogen-bond acceptors (Lipinski definition) is 4. The average molecular weight is 289 g/mol. The largest absolute Gasteiger partial charge is 0.478 e. The average Bonchev–Trinajstić information content (AvgIpc) is 2.45. The molecule has 0 radical (unpaired) electrons. The van der Waals surface area contributed by atoms with Crippen LogP contribution in [0, 0.1) is 6.92 Å². The van der Waals surface area contributed by atoms with Crippen LogP contribution in [0.25, 0.3) is 6.08 Å². The second-order valence-electron chi connectivity index (χ2n) is 5.50. The van der Waals surface area contributed by atoms with Crippen LogP contribution in [0.5, 0.6) is 0 Å². The zero-order valence-corrected chi connectivity index (χ0v) is 12.9. The first-order valence-corrected chi connectivity index (χ1v) is 7.38. The first kappa shape index (κ1) is 15.5. The Hall–Kier alpha value is -1.88. The summed E-state index contributed by atoms with van der Waals surface area (Å²) in [4.78, 5) is 19.9. The Morgan fingerprint density at radius 1 is 1.52 bits per heavy atom. The van der Waals surface area contributed by atoms with Gasteiger partial charge in [-0.25, -0.2) is 9.78 Å². The molecule has 21 heavy (non-hydrogen) atoms. The molecule has 0 aromatic carbocycles. The quantitative estimate of drug-likeness (QED) is 0.859. The van der Waals surface area contributed by atoms with Crippen LogP contribution in [0.3, 0.4) is 0 Å². The standard InChI is InChI=1S/C16H23N3O2/c1-4-18-7-8-19(11-13(18)3)16-12(2)9-14(10-17-16)5-6-15(20)21/h5-6,9-10,13H,4,7-8,11H2,1-3H3,(H,20,21)/b6-5+. The molecule has 2 heterocycles. The summed E-state index contributed by atoms with van der Waals surface area (Å²) in [6, 6.07) is 2.51. The summed E-state index contributed by atoms with van der Waals surface area (Å²) < 4.78 is 0. The summed E-state index contributed by atoms with van der Waals surface area (Å²) in [6.45, 7) is 10.6. The molecule has 1 atom stereocenters. The third-order valence-electron chi connectivity index (χ3n) is 3.96. The number of likely N-dealkylation sites (N-methyl/N-ethyl adjacent to an activating group) is 1. The van der Waals surface area contributed by atoms with Crippen molar-refractivity contribution in [2.24, 2.45) is 0 Å². The van der Waals surface area contributed by atoms with Crippen LogP contribution in [-0.4, -0.2) is 53.2 Å². The van der Waals surface area contributed by atoms with Gasteiger partial charge in [0.05, 0.1) is 0 Å². The number of anilines is 1. The number of rotatable bonds is 4. The predicted octanol–water partition coefficient (Wildman–Crippen LogP) is 2.02. The molecule has 1 aliphatic rings. The number of hydrogen-bond donors (Lipinski definition) is 1. The Balaban J connectivity index is 2.13. The molecule has 1 unspecified atom stereocenters. The second-order valence-corrected chi connectivity index (χ2v) is 5.50. The molecule has 0 saturated carbocycles. The molecule has 1 saturated heterocycles. The van der Waals surface area contributed by atoms with E-state index in [9.17, 15) is 4.79 Å². The van der Waals surface area contributed by atoms with Crippen molar-refractivity contribution >= 4 is 17.9 Å². The molecule has 2 rings (SSSR count). The van der Waals surface area contributed by atoms with E-state index in [1.54, 1.807) is 12.3 Å². The van der Waals surface area contributed by atoms with Gasteiger partial charge in [-0.1, -0.05) is 6.92 Å².